The first-order chi connectivity index (χ1) is 14.1. The molecule has 0 saturated heterocycles. The molecule has 0 aliphatic rings. The first kappa shape index (κ1) is 19.5. The Bertz CT molecular complexity index is 1070. The third-order valence-corrected chi connectivity index (χ3v) is 5.99. The Morgan fingerprint density at radius 2 is 1.48 bits per heavy atom. The fourth-order valence-electron chi connectivity index (χ4n) is 3.11. The van der Waals surface area contributed by atoms with Crippen molar-refractivity contribution >= 4 is 21.4 Å². The molecule has 1 aromatic heterocycles. The van der Waals surface area contributed by atoms with Gasteiger partial charge in [0.05, 0.1) is 11.0 Å². The lowest BCUT2D eigenvalue weighted by Gasteiger charge is -2.15. The van der Waals surface area contributed by atoms with E-state index in [9.17, 15) is 5.11 Å². The van der Waals surface area contributed by atoms with E-state index in [0.717, 1.165) is 37.8 Å². The van der Waals surface area contributed by atoms with Gasteiger partial charge in [-0.25, -0.2) is 0 Å². The number of hydrogen-bond acceptors (Lipinski definition) is 4. The van der Waals surface area contributed by atoms with Crippen molar-refractivity contribution in [1.29, 1.82) is 0 Å². The predicted octanol–water partition coefficient (Wildman–Crippen LogP) is 6.96. The van der Waals surface area contributed by atoms with Crippen LogP contribution < -0.4 is 9.47 Å². The molecule has 0 saturated carbocycles. The molecular weight excluding hydrogens is 380 g/mol. The first-order valence-corrected chi connectivity index (χ1v) is 10.6. The highest BCUT2D eigenvalue weighted by molar-refractivity contribution is 7.19. The van der Waals surface area contributed by atoms with Gasteiger partial charge < -0.3 is 14.6 Å². The summed E-state index contributed by atoms with van der Waals surface area (Å²) in [4.78, 5) is 0.866. The monoisotopic (exact) mass is 404 g/mol. The van der Waals surface area contributed by atoms with Crippen LogP contribution in [0.15, 0.2) is 78.9 Å². The van der Waals surface area contributed by atoms with E-state index in [1.54, 1.807) is 11.3 Å². The minimum Gasteiger partial charge on any atom is -0.489 e. The van der Waals surface area contributed by atoms with Crippen molar-refractivity contribution in [2.24, 2.45) is 5.92 Å². The zero-order chi connectivity index (χ0) is 20.2. The number of thiophene rings is 1. The smallest absolute Gasteiger partial charge is 0.151 e. The molecule has 0 bridgehead atoms. The molecule has 1 unspecified atom stereocenters. The van der Waals surface area contributed by atoms with Crippen LogP contribution in [0.25, 0.3) is 10.1 Å². The number of aliphatic hydroxyl groups is 1. The second-order valence-corrected chi connectivity index (χ2v) is 8.41. The summed E-state index contributed by atoms with van der Waals surface area (Å²) in [5.74, 6) is 2.36. The number of hydrogen-bond donors (Lipinski definition) is 1. The third kappa shape index (κ3) is 4.44. The van der Waals surface area contributed by atoms with Crippen LogP contribution in [0.4, 0.5) is 0 Å². The molecule has 29 heavy (non-hydrogen) atoms. The second kappa shape index (κ2) is 8.68. The number of fused-ring (bicyclic) bond motifs is 1. The van der Waals surface area contributed by atoms with Crippen molar-refractivity contribution in [2.45, 2.75) is 26.6 Å². The molecule has 0 radical (unpaired) electrons. The van der Waals surface area contributed by atoms with Crippen molar-refractivity contribution in [3.8, 4) is 17.2 Å². The standard InChI is InChI=1S/C25H24O3S/c1-17(2)23(26)25-24(21-10-6-7-11-22(21)29-25)28-20-14-12-19(13-15-20)27-16-18-8-4-3-5-9-18/h3-15,17,23,26H,16H2,1-2H3. The topological polar surface area (TPSA) is 38.7 Å². The van der Waals surface area contributed by atoms with Crippen molar-refractivity contribution in [1.82, 2.24) is 0 Å². The number of rotatable bonds is 7. The normalized spacial score (nSPS) is 12.3. The summed E-state index contributed by atoms with van der Waals surface area (Å²) in [6.07, 6.45) is -0.559. The van der Waals surface area contributed by atoms with E-state index in [2.05, 4.69) is 6.07 Å². The van der Waals surface area contributed by atoms with Crippen LogP contribution in [-0.2, 0) is 6.61 Å². The summed E-state index contributed by atoms with van der Waals surface area (Å²) in [6.45, 7) is 4.55. The van der Waals surface area contributed by atoms with Crippen LogP contribution in [0.1, 0.15) is 30.4 Å². The van der Waals surface area contributed by atoms with Crippen LogP contribution in [-0.4, -0.2) is 5.11 Å². The van der Waals surface area contributed by atoms with E-state index in [4.69, 9.17) is 9.47 Å². The zero-order valence-electron chi connectivity index (χ0n) is 16.5. The van der Waals surface area contributed by atoms with E-state index in [-0.39, 0.29) is 5.92 Å². The zero-order valence-corrected chi connectivity index (χ0v) is 17.4. The molecule has 0 aliphatic carbocycles. The number of benzene rings is 3. The Balaban J connectivity index is 1.54. The summed E-state index contributed by atoms with van der Waals surface area (Å²) in [5.41, 5.74) is 1.13. The molecule has 4 aromatic rings. The highest BCUT2D eigenvalue weighted by Crippen LogP contribution is 2.45. The van der Waals surface area contributed by atoms with Crippen LogP contribution in [0.5, 0.6) is 17.2 Å². The summed E-state index contributed by atoms with van der Waals surface area (Å²) in [5, 5.41) is 11.7. The maximum atomic E-state index is 10.7. The fraction of sp³-hybridized carbons (Fsp3) is 0.200. The van der Waals surface area contributed by atoms with Crippen LogP contribution in [0, 0.1) is 5.92 Å². The van der Waals surface area contributed by atoms with Crippen LogP contribution in [0.3, 0.4) is 0 Å². The van der Waals surface area contributed by atoms with Crippen molar-refractivity contribution in [2.75, 3.05) is 0 Å². The molecule has 1 N–H and O–H groups in total. The van der Waals surface area contributed by atoms with Crippen LogP contribution >= 0.6 is 11.3 Å². The summed E-state index contributed by atoms with van der Waals surface area (Å²) >= 11 is 1.59. The number of aliphatic hydroxyl groups excluding tert-OH is 1. The van der Waals surface area contributed by atoms with E-state index in [1.807, 2.05) is 86.6 Å². The molecule has 4 rings (SSSR count). The molecule has 0 amide bonds. The van der Waals surface area contributed by atoms with Gasteiger partial charge in [0.15, 0.2) is 5.75 Å². The van der Waals surface area contributed by atoms with Gasteiger partial charge in [-0.3, -0.25) is 0 Å². The van der Waals surface area contributed by atoms with E-state index < -0.39 is 6.10 Å². The summed E-state index contributed by atoms with van der Waals surface area (Å²) in [7, 11) is 0. The maximum absolute atomic E-state index is 10.7. The van der Waals surface area contributed by atoms with Gasteiger partial charge >= 0.3 is 0 Å². The second-order valence-electron chi connectivity index (χ2n) is 7.33. The molecule has 4 heteroatoms. The Morgan fingerprint density at radius 1 is 0.828 bits per heavy atom. The molecule has 1 atom stereocenters. The predicted molar refractivity (Wildman–Crippen MR) is 119 cm³/mol. The van der Waals surface area contributed by atoms with Gasteiger partial charge in [-0.05, 0) is 47.9 Å². The van der Waals surface area contributed by atoms with Gasteiger partial charge in [0, 0.05) is 10.1 Å². The SMILES string of the molecule is CC(C)C(O)c1sc2ccccc2c1Oc1ccc(OCc2ccccc2)cc1. The molecule has 0 fully saturated rings. The summed E-state index contributed by atoms with van der Waals surface area (Å²) < 4.78 is 13.2. The van der Waals surface area contributed by atoms with Crippen molar-refractivity contribution in [3.05, 3.63) is 89.3 Å². The lowest BCUT2D eigenvalue weighted by molar-refractivity contribution is 0.128. The Labute approximate surface area is 175 Å². The minimum atomic E-state index is -0.559. The van der Waals surface area contributed by atoms with Gasteiger partial charge in [-0.2, -0.15) is 0 Å². The van der Waals surface area contributed by atoms with Crippen LogP contribution in [0.2, 0.25) is 0 Å². The minimum absolute atomic E-state index is 0.110. The van der Waals surface area contributed by atoms with Gasteiger partial charge in [0.25, 0.3) is 0 Å². The molecule has 3 nitrogen and oxygen atoms in total. The van der Waals surface area contributed by atoms with Crippen molar-refractivity contribution < 1.29 is 14.6 Å². The first-order valence-electron chi connectivity index (χ1n) is 9.76. The highest BCUT2D eigenvalue weighted by atomic mass is 32.1. The van der Waals surface area contributed by atoms with Crippen molar-refractivity contribution in [3.63, 3.8) is 0 Å². The van der Waals surface area contributed by atoms with Gasteiger partial charge in [-0.15, -0.1) is 11.3 Å². The lowest BCUT2D eigenvalue weighted by atomic mass is 10.0. The Morgan fingerprint density at radius 3 is 2.21 bits per heavy atom. The van der Waals surface area contributed by atoms with E-state index >= 15 is 0 Å². The Kier molecular flexibility index (Phi) is 5.84. The molecule has 3 aromatic carbocycles. The largest absolute Gasteiger partial charge is 0.489 e. The third-order valence-electron chi connectivity index (χ3n) is 4.77. The van der Waals surface area contributed by atoms with E-state index in [0.29, 0.717) is 6.61 Å². The average molecular weight is 405 g/mol. The average Bonchev–Trinajstić information content (AvgIpc) is 3.11. The number of ether oxygens (including phenoxy) is 2. The quantitative estimate of drug-likeness (QED) is 0.362. The van der Waals surface area contributed by atoms with Gasteiger partial charge in [-0.1, -0.05) is 56.3 Å². The summed E-state index contributed by atoms with van der Waals surface area (Å²) in [6, 6.07) is 25.8. The lowest BCUT2D eigenvalue weighted by Crippen LogP contribution is -2.04. The molecule has 0 spiro atoms. The molecule has 0 aliphatic heterocycles. The molecule has 1 heterocycles. The Hall–Kier alpha value is -2.82. The highest BCUT2D eigenvalue weighted by Gasteiger charge is 2.23. The molecule has 148 valence electrons. The fourth-order valence-corrected chi connectivity index (χ4v) is 4.40. The molecular formula is C25H24O3S. The van der Waals surface area contributed by atoms with Gasteiger partial charge in [0.2, 0.25) is 0 Å². The van der Waals surface area contributed by atoms with E-state index in [1.165, 1.54) is 0 Å². The maximum Gasteiger partial charge on any atom is 0.151 e. The van der Waals surface area contributed by atoms with Gasteiger partial charge in [0.1, 0.15) is 18.1 Å².